The number of hydrogen-bond donors (Lipinski definition) is 2. The van der Waals surface area contributed by atoms with Crippen molar-refractivity contribution in [3.05, 3.63) is 53.3 Å². The van der Waals surface area contributed by atoms with Crippen molar-refractivity contribution < 1.29 is 0 Å². The molecule has 1 aromatic carbocycles. The Morgan fingerprint density at radius 3 is 2.48 bits per heavy atom. The van der Waals surface area contributed by atoms with Gasteiger partial charge in [-0.15, -0.1) is 24.0 Å². The number of aliphatic imine (C=N–C) groups is 1. The molecule has 0 aliphatic carbocycles. The van der Waals surface area contributed by atoms with Crippen LogP contribution in [0.25, 0.3) is 0 Å². The largest absolute Gasteiger partial charge is 0.357 e. The Kier molecular flexibility index (Phi) is 9.93. The third-order valence-electron chi connectivity index (χ3n) is 5.46. The molecule has 1 saturated heterocycles. The fraction of sp³-hybridized carbons (Fsp3) is 0.545. The standard InChI is InChI=1S/C22H34N6.HI/c1-4-23-22(25-16-21-9-12-26-27(21)3)24-15-19-10-13-28(14-11-19)17-20-7-5-18(2)6-8-20;/h5-9,12,19H,4,10-11,13-17H2,1-3H3,(H2,23,24,25);1H. The second kappa shape index (κ2) is 12.2. The van der Waals surface area contributed by atoms with Crippen LogP contribution in [0.5, 0.6) is 0 Å². The van der Waals surface area contributed by atoms with Crippen LogP contribution in [0, 0.1) is 12.8 Å². The van der Waals surface area contributed by atoms with Gasteiger partial charge in [0, 0.05) is 32.9 Å². The van der Waals surface area contributed by atoms with Crippen LogP contribution in [0.3, 0.4) is 0 Å². The van der Waals surface area contributed by atoms with Gasteiger partial charge in [-0.2, -0.15) is 5.10 Å². The molecule has 0 bridgehead atoms. The molecular weight excluding hydrogens is 475 g/mol. The van der Waals surface area contributed by atoms with Gasteiger partial charge < -0.3 is 10.6 Å². The predicted molar refractivity (Wildman–Crippen MR) is 131 cm³/mol. The molecule has 160 valence electrons. The smallest absolute Gasteiger partial charge is 0.191 e. The minimum Gasteiger partial charge on any atom is -0.357 e. The monoisotopic (exact) mass is 510 g/mol. The van der Waals surface area contributed by atoms with E-state index in [4.69, 9.17) is 4.99 Å². The first-order valence-electron chi connectivity index (χ1n) is 10.4. The summed E-state index contributed by atoms with van der Waals surface area (Å²) in [6.07, 6.45) is 4.29. The molecule has 6 nitrogen and oxygen atoms in total. The van der Waals surface area contributed by atoms with E-state index in [1.807, 2.05) is 24.0 Å². The molecule has 3 rings (SSSR count). The Labute approximate surface area is 192 Å². The van der Waals surface area contributed by atoms with Crippen LogP contribution < -0.4 is 10.6 Å². The maximum absolute atomic E-state index is 4.70. The number of hydrogen-bond acceptors (Lipinski definition) is 3. The molecule has 2 aromatic rings. The van der Waals surface area contributed by atoms with Crippen LogP contribution in [0.2, 0.25) is 0 Å². The zero-order valence-corrected chi connectivity index (χ0v) is 20.2. The number of nitrogens with zero attached hydrogens (tertiary/aromatic N) is 4. The lowest BCUT2D eigenvalue weighted by atomic mass is 9.96. The topological polar surface area (TPSA) is 57.5 Å². The number of benzene rings is 1. The lowest BCUT2D eigenvalue weighted by Crippen LogP contribution is -2.42. The Morgan fingerprint density at radius 1 is 1.14 bits per heavy atom. The van der Waals surface area contributed by atoms with Crippen molar-refractivity contribution in [2.75, 3.05) is 26.2 Å². The fourth-order valence-corrected chi connectivity index (χ4v) is 3.60. The summed E-state index contributed by atoms with van der Waals surface area (Å²) >= 11 is 0. The molecule has 0 radical (unpaired) electrons. The number of guanidine groups is 1. The number of piperidine rings is 1. The summed E-state index contributed by atoms with van der Waals surface area (Å²) in [7, 11) is 1.95. The molecule has 2 N–H and O–H groups in total. The van der Waals surface area contributed by atoms with Crippen molar-refractivity contribution in [1.29, 1.82) is 0 Å². The van der Waals surface area contributed by atoms with Crippen LogP contribution in [0.15, 0.2) is 41.5 Å². The molecule has 2 heterocycles. The molecule has 7 heteroatoms. The Balaban J connectivity index is 0.00000300. The van der Waals surface area contributed by atoms with Gasteiger partial charge in [0.1, 0.15) is 0 Å². The average Bonchev–Trinajstić information content (AvgIpc) is 3.12. The lowest BCUT2D eigenvalue weighted by Gasteiger charge is -2.32. The van der Waals surface area contributed by atoms with Crippen LogP contribution in [0.1, 0.15) is 36.6 Å². The molecule has 1 fully saturated rings. The lowest BCUT2D eigenvalue weighted by molar-refractivity contribution is 0.178. The van der Waals surface area contributed by atoms with Crippen LogP contribution >= 0.6 is 24.0 Å². The third-order valence-corrected chi connectivity index (χ3v) is 5.46. The first-order chi connectivity index (χ1) is 13.6. The quantitative estimate of drug-likeness (QED) is 0.341. The average molecular weight is 510 g/mol. The molecular formula is C22H35IN6. The second-order valence-electron chi connectivity index (χ2n) is 7.73. The van der Waals surface area contributed by atoms with E-state index >= 15 is 0 Å². The maximum Gasteiger partial charge on any atom is 0.191 e. The van der Waals surface area contributed by atoms with E-state index < -0.39 is 0 Å². The van der Waals surface area contributed by atoms with E-state index in [1.165, 1.54) is 37.1 Å². The van der Waals surface area contributed by atoms with Gasteiger partial charge in [-0.05, 0) is 57.3 Å². The molecule has 1 aromatic heterocycles. The van der Waals surface area contributed by atoms with Gasteiger partial charge in [0.25, 0.3) is 0 Å². The molecule has 1 aliphatic rings. The number of likely N-dealkylation sites (tertiary alicyclic amines) is 1. The molecule has 0 saturated carbocycles. The molecule has 0 atom stereocenters. The maximum atomic E-state index is 4.70. The zero-order chi connectivity index (χ0) is 19.8. The summed E-state index contributed by atoms with van der Waals surface area (Å²) in [5.74, 6) is 1.60. The molecule has 0 spiro atoms. The van der Waals surface area contributed by atoms with Crippen molar-refractivity contribution in [1.82, 2.24) is 25.3 Å². The molecule has 0 unspecified atom stereocenters. The van der Waals surface area contributed by atoms with E-state index in [1.54, 1.807) is 0 Å². The van der Waals surface area contributed by atoms with Crippen LogP contribution in [-0.4, -0.2) is 46.8 Å². The SMILES string of the molecule is CCNC(=NCc1ccnn1C)NCC1CCN(Cc2ccc(C)cc2)CC1.I. The number of nitrogens with one attached hydrogen (secondary N) is 2. The third kappa shape index (κ3) is 7.62. The summed E-state index contributed by atoms with van der Waals surface area (Å²) in [4.78, 5) is 7.27. The Bertz CT molecular complexity index is 747. The Hall–Kier alpha value is -1.61. The minimum absolute atomic E-state index is 0. The van der Waals surface area contributed by atoms with E-state index in [0.29, 0.717) is 12.5 Å². The van der Waals surface area contributed by atoms with E-state index in [2.05, 4.69) is 58.7 Å². The van der Waals surface area contributed by atoms with Gasteiger partial charge in [-0.1, -0.05) is 29.8 Å². The number of rotatable bonds is 7. The minimum atomic E-state index is 0. The van der Waals surface area contributed by atoms with Crippen LogP contribution in [-0.2, 0) is 20.1 Å². The van der Waals surface area contributed by atoms with Gasteiger partial charge in [-0.25, -0.2) is 4.99 Å². The second-order valence-corrected chi connectivity index (χ2v) is 7.73. The van der Waals surface area contributed by atoms with Crippen molar-refractivity contribution in [3.63, 3.8) is 0 Å². The van der Waals surface area contributed by atoms with Gasteiger partial charge in [0.05, 0.1) is 12.2 Å². The van der Waals surface area contributed by atoms with Crippen molar-refractivity contribution in [3.8, 4) is 0 Å². The number of halogens is 1. The molecule has 1 aliphatic heterocycles. The number of aromatic nitrogens is 2. The normalized spacial score (nSPS) is 15.8. The summed E-state index contributed by atoms with van der Waals surface area (Å²) in [6, 6.07) is 10.9. The summed E-state index contributed by atoms with van der Waals surface area (Å²) in [5.41, 5.74) is 3.86. The highest BCUT2D eigenvalue weighted by molar-refractivity contribution is 14.0. The van der Waals surface area contributed by atoms with Crippen LogP contribution in [0.4, 0.5) is 0 Å². The molecule has 0 amide bonds. The first kappa shape index (κ1) is 23.7. The highest BCUT2D eigenvalue weighted by Gasteiger charge is 2.19. The van der Waals surface area contributed by atoms with E-state index in [-0.39, 0.29) is 24.0 Å². The van der Waals surface area contributed by atoms with Gasteiger partial charge >= 0.3 is 0 Å². The van der Waals surface area contributed by atoms with Crippen molar-refractivity contribution in [2.45, 2.75) is 39.8 Å². The summed E-state index contributed by atoms with van der Waals surface area (Å²) in [5, 5.41) is 11.1. The summed E-state index contributed by atoms with van der Waals surface area (Å²) < 4.78 is 1.87. The highest BCUT2D eigenvalue weighted by atomic mass is 127. The first-order valence-corrected chi connectivity index (χ1v) is 10.4. The van der Waals surface area contributed by atoms with E-state index in [9.17, 15) is 0 Å². The van der Waals surface area contributed by atoms with Crippen molar-refractivity contribution in [2.24, 2.45) is 18.0 Å². The van der Waals surface area contributed by atoms with E-state index in [0.717, 1.165) is 31.3 Å². The summed E-state index contributed by atoms with van der Waals surface area (Å²) in [6.45, 7) is 10.1. The Morgan fingerprint density at radius 2 is 1.86 bits per heavy atom. The van der Waals surface area contributed by atoms with Gasteiger partial charge in [0.15, 0.2) is 5.96 Å². The highest BCUT2D eigenvalue weighted by Crippen LogP contribution is 2.18. The van der Waals surface area contributed by atoms with Gasteiger partial charge in [0.2, 0.25) is 0 Å². The predicted octanol–water partition coefficient (Wildman–Crippen LogP) is 3.31. The van der Waals surface area contributed by atoms with Crippen molar-refractivity contribution >= 4 is 29.9 Å². The van der Waals surface area contributed by atoms with Gasteiger partial charge in [-0.3, -0.25) is 9.58 Å². The fourth-order valence-electron chi connectivity index (χ4n) is 3.60. The molecule has 29 heavy (non-hydrogen) atoms. The zero-order valence-electron chi connectivity index (χ0n) is 17.9. The number of aryl methyl sites for hydroxylation is 2.